The highest BCUT2D eigenvalue weighted by molar-refractivity contribution is 5.96. The Kier molecular flexibility index (Phi) is 6.78. The maximum Gasteiger partial charge on any atom is 0.338 e. The first kappa shape index (κ1) is 19.5. The molecular weight excluding hydrogens is 330 g/mol. The van der Waals surface area contributed by atoms with Gasteiger partial charge in [-0.25, -0.2) is 4.79 Å². The number of carbonyl (C=O) groups is 2. The molecule has 2 aromatic carbocycles. The molecule has 0 saturated carbocycles. The Balaban J connectivity index is 2.11. The summed E-state index contributed by atoms with van der Waals surface area (Å²) in [5.41, 5.74) is 3.06. The van der Waals surface area contributed by atoms with Crippen LogP contribution in [0.5, 0.6) is 5.75 Å². The monoisotopic (exact) mass is 355 g/mol. The maximum atomic E-state index is 12.6. The van der Waals surface area contributed by atoms with Gasteiger partial charge in [-0.1, -0.05) is 25.1 Å². The fourth-order valence-corrected chi connectivity index (χ4v) is 2.49. The average Bonchev–Trinajstić information content (AvgIpc) is 2.63. The fraction of sp³-hybridized carbons (Fsp3) is 0.333. The Hall–Kier alpha value is -2.82. The van der Waals surface area contributed by atoms with Crippen LogP contribution in [0.4, 0.5) is 5.69 Å². The molecule has 0 aliphatic rings. The van der Waals surface area contributed by atoms with Crippen molar-refractivity contribution < 1.29 is 19.1 Å². The molecule has 0 fully saturated rings. The maximum absolute atomic E-state index is 12.6. The largest absolute Gasteiger partial charge is 0.480 e. The van der Waals surface area contributed by atoms with E-state index in [9.17, 15) is 9.59 Å². The molecule has 138 valence electrons. The molecule has 0 bridgehead atoms. The minimum atomic E-state index is -0.623. The van der Waals surface area contributed by atoms with Gasteiger partial charge in [0.15, 0.2) is 6.10 Å². The third-order valence-electron chi connectivity index (χ3n) is 4.13. The van der Waals surface area contributed by atoms with Crippen LogP contribution in [0.25, 0.3) is 0 Å². The van der Waals surface area contributed by atoms with Gasteiger partial charge < -0.3 is 14.8 Å². The lowest BCUT2D eigenvalue weighted by Gasteiger charge is -2.19. The van der Waals surface area contributed by atoms with Crippen molar-refractivity contribution in [2.45, 2.75) is 40.2 Å². The van der Waals surface area contributed by atoms with E-state index in [4.69, 9.17) is 9.47 Å². The third kappa shape index (κ3) is 4.85. The number of esters is 1. The summed E-state index contributed by atoms with van der Waals surface area (Å²) < 4.78 is 10.9. The molecule has 5 heteroatoms. The molecule has 5 nitrogen and oxygen atoms in total. The molecule has 0 aliphatic carbocycles. The van der Waals surface area contributed by atoms with Crippen molar-refractivity contribution in [1.29, 1.82) is 0 Å². The summed E-state index contributed by atoms with van der Waals surface area (Å²) in [6.45, 7) is 7.92. The first-order valence-corrected chi connectivity index (χ1v) is 8.77. The van der Waals surface area contributed by atoms with Gasteiger partial charge >= 0.3 is 5.97 Å². The molecule has 0 radical (unpaired) electrons. The molecule has 0 saturated heterocycles. The fourth-order valence-electron chi connectivity index (χ4n) is 2.49. The minimum absolute atomic E-state index is 0.255. The van der Waals surface area contributed by atoms with Crippen molar-refractivity contribution in [2.75, 3.05) is 11.9 Å². The van der Waals surface area contributed by atoms with E-state index in [-0.39, 0.29) is 5.91 Å². The zero-order chi connectivity index (χ0) is 19.1. The van der Waals surface area contributed by atoms with Gasteiger partial charge in [0.25, 0.3) is 5.91 Å². The van der Waals surface area contributed by atoms with Crippen LogP contribution in [0.3, 0.4) is 0 Å². The Bertz CT molecular complexity index is 785. The quantitative estimate of drug-likeness (QED) is 0.753. The molecule has 1 unspecified atom stereocenters. The van der Waals surface area contributed by atoms with Crippen LogP contribution < -0.4 is 10.1 Å². The molecule has 1 N–H and O–H groups in total. The lowest BCUT2D eigenvalue weighted by atomic mass is 10.1. The van der Waals surface area contributed by atoms with Crippen molar-refractivity contribution in [1.82, 2.24) is 0 Å². The highest BCUT2D eigenvalue weighted by atomic mass is 16.5. The van der Waals surface area contributed by atoms with Crippen LogP contribution in [-0.4, -0.2) is 24.6 Å². The van der Waals surface area contributed by atoms with Crippen LogP contribution >= 0.6 is 0 Å². The second-order valence-electron chi connectivity index (χ2n) is 6.00. The van der Waals surface area contributed by atoms with Crippen LogP contribution in [0.15, 0.2) is 42.5 Å². The van der Waals surface area contributed by atoms with Gasteiger partial charge in [0.1, 0.15) is 5.75 Å². The Morgan fingerprint density at radius 1 is 1.08 bits per heavy atom. The summed E-state index contributed by atoms with van der Waals surface area (Å²) in [6.07, 6.45) is -0.0988. The Labute approximate surface area is 154 Å². The number of ether oxygens (including phenoxy) is 2. The van der Waals surface area contributed by atoms with Crippen molar-refractivity contribution in [3.8, 4) is 5.75 Å². The predicted molar refractivity (Wildman–Crippen MR) is 102 cm³/mol. The first-order valence-electron chi connectivity index (χ1n) is 8.77. The topological polar surface area (TPSA) is 64.6 Å². The number of amides is 1. The third-order valence-corrected chi connectivity index (χ3v) is 4.13. The second-order valence-corrected chi connectivity index (χ2v) is 6.00. The number of aryl methyl sites for hydroxylation is 1. The number of carbonyl (C=O) groups excluding carboxylic acids is 2. The summed E-state index contributed by atoms with van der Waals surface area (Å²) in [6, 6.07) is 12.5. The molecule has 0 spiro atoms. The van der Waals surface area contributed by atoms with Crippen molar-refractivity contribution in [2.24, 2.45) is 0 Å². The molecule has 2 aromatic rings. The van der Waals surface area contributed by atoms with Gasteiger partial charge in [-0.3, -0.25) is 4.79 Å². The minimum Gasteiger partial charge on any atom is -0.480 e. The molecule has 0 heterocycles. The predicted octanol–water partition coefficient (Wildman–Crippen LogP) is 4.28. The molecule has 0 aromatic heterocycles. The molecule has 1 amide bonds. The van der Waals surface area contributed by atoms with E-state index in [1.165, 1.54) is 0 Å². The molecule has 1 atom stereocenters. The van der Waals surface area contributed by atoms with Gasteiger partial charge in [-0.15, -0.1) is 0 Å². The van der Waals surface area contributed by atoms with E-state index in [1.54, 1.807) is 31.2 Å². The smallest absolute Gasteiger partial charge is 0.338 e. The zero-order valence-corrected chi connectivity index (χ0v) is 15.7. The standard InChI is InChI=1S/C21H25NO4/c1-5-18(26-19-12-7-9-14(3)15(19)4)20(23)22-17-11-8-10-16(13-17)21(24)25-6-2/h7-13,18H,5-6H2,1-4H3,(H,22,23). The van der Waals surface area contributed by atoms with Crippen LogP contribution in [0, 0.1) is 13.8 Å². The first-order chi connectivity index (χ1) is 12.5. The van der Waals surface area contributed by atoms with Gasteiger partial charge in [0, 0.05) is 5.69 Å². The average molecular weight is 355 g/mol. The number of nitrogens with one attached hydrogen (secondary N) is 1. The molecule has 2 rings (SSSR count). The van der Waals surface area contributed by atoms with Crippen LogP contribution in [0.1, 0.15) is 41.8 Å². The molecular formula is C21H25NO4. The normalized spacial score (nSPS) is 11.5. The highest BCUT2D eigenvalue weighted by Crippen LogP contribution is 2.23. The van der Waals surface area contributed by atoms with Gasteiger partial charge in [-0.2, -0.15) is 0 Å². The molecule has 26 heavy (non-hydrogen) atoms. The van der Waals surface area contributed by atoms with Crippen LogP contribution in [0.2, 0.25) is 0 Å². The SMILES string of the molecule is CCOC(=O)c1cccc(NC(=O)C(CC)Oc2cccc(C)c2C)c1. The van der Waals surface area contributed by atoms with E-state index in [1.807, 2.05) is 39.0 Å². The van der Waals surface area contributed by atoms with Gasteiger partial charge in [0.05, 0.1) is 12.2 Å². The molecule has 0 aliphatic heterocycles. The number of hydrogen-bond acceptors (Lipinski definition) is 4. The zero-order valence-electron chi connectivity index (χ0n) is 15.7. The summed E-state index contributed by atoms with van der Waals surface area (Å²) >= 11 is 0. The van der Waals surface area contributed by atoms with Crippen molar-refractivity contribution in [3.05, 3.63) is 59.2 Å². The highest BCUT2D eigenvalue weighted by Gasteiger charge is 2.20. The van der Waals surface area contributed by atoms with Gasteiger partial charge in [0.2, 0.25) is 0 Å². The van der Waals surface area contributed by atoms with E-state index >= 15 is 0 Å². The lowest BCUT2D eigenvalue weighted by Crippen LogP contribution is -2.32. The van der Waals surface area contributed by atoms with Crippen LogP contribution in [-0.2, 0) is 9.53 Å². The van der Waals surface area contributed by atoms with E-state index < -0.39 is 12.1 Å². The van der Waals surface area contributed by atoms with E-state index in [0.717, 1.165) is 11.1 Å². The summed E-state index contributed by atoms with van der Waals surface area (Å²) in [4.78, 5) is 24.4. The number of rotatable bonds is 7. The van der Waals surface area contributed by atoms with Gasteiger partial charge in [-0.05, 0) is 62.6 Å². The van der Waals surface area contributed by atoms with E-state index in [2.05, 4.69) is 5.32 Å². The Morgan fingerprint density at radius 2 is 1.81 bits per heavy atom. The second kappa shape index (κ2) is 9.04. The summed E-state index contributed by atoms with van der Waals surface area (Å²) in [5.74, 6) is 0.0314. The van der Waals surface area contributed by atoms with Crippen molar-refractivity contribution in [3.63, 3.8) is 0 Å². The lowest BCUT2D eigenvalue weighted by molar-refractivity contribution is -0.122. The number of anilines is 1. The van der Waals surface area contributed by atoms with E-state index in [0.29, 0.717) is 30.0 Å². The summed E-state index contributed by atoms with van der Waals surface area (Å²) in [5, 5.41) is 2.81. The van der Waals surface area contributed by atoms with Crippen molar-refractivity contribution >= 4 is 17.6 Å². The Morgan fingerprint density at radius 3 is 2.50 bits per heavy atom. The summed E-state index contributed by atoms with van der Waals surface area (Å²) in [7, 11) is 0. The number of hydrogen-bond donors (Lipinski definition) is 1. The number of benzene rings is 2.